The lowest BCUT2D eigenvalue weighted by atomic mass is 10.0. The maximum atomic E-state index is 13.3. The van der Waals surface area contributed by atoms with Crippen LogP contribution in [-0.2, 0) is 11.8 Å². The Bertz CT molecular complexity index is 951. The lowest BCUT2D eigenvalue weighted by Gasteiger charge is -2.28. The molecule has 0 fully saturated rings. The highest BCUT2D eigenvalue weighted by molar-refractivity contribution is 5.85. The van der Waals surface area contributed by atoms with Crippen molar-refractivity contribution in [2.75, 3.05) is 0 Å². The summed E-state index contributed by atoms with van der Waals surface area (Å²) in [5.74, 6) is -0.182. The van der Waals surface area contributed by atoms with Crippen molar-refractivity contribution in [2.24, 2.45) is 7.05 Å². The van der Waals surface area contributed by atoms with E-state index in [1.807, 2.05) is 7.05 Å². The average Bonchev–Trinajstić information content (AvgIpc) is 3.08. The van der Waals surface area contributed by atoms with Crippen LogP contribution in [0, 0.1) is 11.6 Å². The molecule has 0 saturated heterocycles. The van der Waals surface area contributed by atoms with E-state index in [0.29, 0.717) is 17.1 Å². The van der Waals surface area contributed by atoms with E-state index in [4.69, 9.17) is 4.74 Å². The molecule has 0 aliphatic carbocycles. The molecule has 3 rings (SSSR count). The Morgan fingerprint density at radius 1 is 1.07 bits per heavy atom. The first-order valence-electron chi connectivity index (χ1n) is 8.74. The summed E-state index contributed by atoms with van der Waals surface area (Å²) in [5, 5.41) is 2.92. The minimum atomic E-state index is -1.23. The molecule has 0 radical (unpaired) electrons. The number of carbonyl (C=O) groups excluding carboxylic acids is 1. The molecule has 0 saturated carbocycles. The highest BCUT2D eigenvalue weighted by Gasteiger charge is 2.33. The number of halogens is 2. The van der Waals surface area contributed by atoms with Gasteiger partial charge in [-0.3, -0.25) is 4.79 Å². The zero-order valence-electron chi connectivity index (χ0n) is 15.8. The maximum absolute atomic E-state index is 13.3. The van der Waals surface area contributed by atoms with Crippen molar-refractivity contribution in [2.45, 2.75) is 25.5 Å². The smallest absolute Gasteiger partial charge is 0.264 e. The Morgan fingerprint density at radius 2 is 1.64 bits per heavy atom. The first-order valence-corrected chi connectivity index (χ1v) is 8.74. The monoisotopic (exact) mass is 385 g/mol. The van der Waals surface area contributed by atoms with Crippen molar-refractivity contribution in [3.05, 3.63) is 83.9 Å². The number of nitrogens with zero attached hydrogens (tertiary/aromatic N) is 2. The molecule has 0 spiro atoms. The van der Waals surface area contributed by atoms with Crippen LogP contribution in [0.5, 0.6) is 5.75 Å². The van der Waals surface area contributed by atoms with E-state index in [2.05, 4.69) is 10.3 Å². The number of hydrogen-bond donors (Lipinski definition) is 1. The van der Waals surface area contributed by atoms with Crippen LogP contribution in [0.4, 0.5) is 8.78 Å². The normalized spacial score (nSPS) is 12.5. The van der Waals surface area contributed by atoms with Crippen molar-refractivity contribution in [1.29, 1.82) is 0 Å². The Kier molecular flexibility index (Phi) is 5.44. The maximum Gasteiger partial charge on any atom is 0.264 e. The predicted octanol–water partition coefficient (Wildman–Crippen LogP) is 3.76. The number of imidazole rings is 1. The molecular formula is C21H21F2N3O2. The van der Waals surface area contributed by atoms with Crippen molar-refractivity contribution in [3.8, 4) is 5.75 Å². The van der Waals surface area contributed by atoms with E-state index in [-0.39, 0.29) is 11.6 Å². The van der Waals surface area contributed by atoms with Gasteiger partial charge in [0.25, 0.3) is 5.91 Å². The van der Waals surface area contributed by atoms with Crippen molar-refractivity contribution in [3.63, 3.8) is 0 Å². The first-order chi connectivity index (χ1) is 13.3. The zero-order chi connectivity index (χ0) is 20.3. The SMILES string of the molecule is Cn1ccnc1C(NC(=O)C(C)(C)Oc1ccc(F)cc1)c1ccc(F)cc1. The molecule has 0 aliphatic heterocycles. The second-order valence-electron chi connectivity index (χ2n) is 6.92. The summed E-state index contributed by atoms with van der Waals surface area (Å²) in [4.78, 5) is 17.3. The summed E-state index contributed by atoms with van der Waals surface area (Å²) in [6.07, 6.45) is 3.39. The van der Waals surface area contributed by atoms with E-state index >= 15 is 0 Å². The van der Waals surface area contributed by atoms with Gasteiger partial charge in [-0.25, -0.2) is 13.8 Å². The number of carbonyl (C=O) groups is 1. The van der Waals surface area contributed by atoms with Gasteiger partial charge in [-0.2, -0.15) is 0 Å². The van der Waals surface area contributed by atoms with Crippen LogP contribution in [0.3, 0.4) is 0 Å². The third kappa shape index (κ3) is 4.36. The Morgan fingerprint density at radius 3 is 2.18 bits per heavy atom. The van der Waals surface area contributed by atoms with Gasteiger partial charge in [0.2, 0.25) is 0 Å². The van der Waals surface area contributed by atoms with Crippen LogP contribution < -0.4 is 10.1 Å². The van der Waals surface area contributed by atoms with Crippen molar-refractivity contribution >= 4 is 5.91 Å². The minimum Gasteiger partial charge on any atom is -0.478 e. The lowest BCUT2D eigenvalue weighted by Crippen LogP contribution is -2.48. The van der Waals surface area contributed by atoms with E-state index in [1.54, 1.807) is 42.9 Å². The highest BCUT2D eigenvalue weighted by Crippen LogP contribution is 2.24. The number of amides is 1. The highest BCUT2D eigenvalue weighted by atomic mass is 19.1. The molecule has 146 valence electrons. The Labute approximate surface area is 162 Å². The lowest BCUT2D eigenvalue weighted by molar-refractivity contribution is -0.134. The standard InChI is InChI=1S/C21H21F2N3O2/c1-21(2,28-17-10-8-16(23)9-11-17)20(27)25-18(19-24-12-13-26(19)3)14-4-6-15(22)7-5-14/h4-13,18H,1-3H3,(H,25,27). The third-order valence-electron chi connectivity index (χ3n) is 4.33. The second-order valence-corrected chi connectivity index (χ2v) is 6.92. The summed E-state index contributed by atoms with van der Waals surface area (Å²) in [5.41, 5.74) is -0.553. The fourth-order valence-corrected chi connectivity index (χ4v) is 2.76. The fraction of sp³-hybridized carbons (Fsp3) is 0.238. The Balaban J connectivity index is 1.85. The van der Waals surface area contributed by atoms with Gasteiger partial charge >= 0.3 is 0 Å². The summed E-state index contributed by atoms with van der Waals surface area (Å²) >= 11 is 0. The number of nitrogens with one attached hydrogen (secondary N) is 1. The quantitative estimate of drug-likeness (QED) is 0.703. The summed E-state index contributed by atoms with van der Waals surface area (Å²) < 4.78 is 34.0. The first kappa shape index (κ1) is 19.5. The molecule has 1 aromatic heterocycles. The molecule has 2 aromatic carbocycles. The molecule has 1 amide bonds. The van der Waals surface area contributed by atoms with Crippen molar-refractivity contribution < 1.29 is 18.3 Å². The van der Waals surface area contributed by atoms with E-state index in [9.17, 15) is 13.6 Å². The van der Waals surface area contributed by atoms with Gasteiger partial charge in [0, 0.05) is 19.4 Å². The van der Waals surface area contributed by atoms with Crippen LogP contribution in [0.2, 0.25) is 0 Å². The molecule has 28 heavy (non-hydrogen) atoms. The molecule has 7 heteroatoms. The fourth-order valence-electron chi connectivity index (χ4n) is 2.76. The predicted molar refractivity (Wildman–Crippen MR) is 101 cm³/mol. The molecule has 1 unspecified atom stereocenters. The number of ether oxygens (including phenoxy) is 1. The van der Waals surface area contributed by atoms with Gasteiger partial charge in [0.05, 0.1) is 0 Å². The van der Waals surface area contributed by atoms with E-state index in [0.717, 1.165) is 0 Å². The van der Waals surface area contributed by atoms with Gasteiger partial charge < -0.3 is 14.6 Å². The summed E-state index contributed by atoms with van der Waals surface area (Å²) in [6.45, 7) is 3.23. The van der Waals surface area contributed by atoms with E-state index in [1.165, 1.54) is 36.4 Å². The average molecular weight is 385 g/mol. The van der Waals surface area contributed by atoms with Gasteiger partial charge in [-0.05, 0) is 55.8 Å². The second kappa shape index (κ2) is 7.80. The van der Waals surface area contributed by atoms with E-state index < -0.39 is 17.6 Å². The van der Waals surface area contributed by atoms with Crippen LogP contribution >= 0.6 is 0 Å². The number of rotatable bonds is 6. The minimum absolute atomic E-state index is 0.367. The number of aromatic nitrogens is 2. The molecular weight excluding hydrogens is 364 g/mol. The molecule has 1 heterocycles. The van der Waals surface area contributed by atoms with Gasteiger partial charge in [0.1, 0.15) is 29.3 Å². The molecule has 1 N–H and O–H groups in total. The zero-order valence-corrected chi connectivity index (χ0v) is 15.8. The largest absolute Gasteiger partial charge is 0.478 e. The molecule has 0 bridgehead atoms. The van der Waals surface area contributed by atoms with Crippen molar-refractivity contribution in [1.82, 2.24) is 14.9 Å². The topological polar surface area (TPSA) is 56.2 Å². The molecule has 1 atom stereocenters. The number of benzene rings is 2. The molecule has 0 aliphatic rings. The van der Waals surface area contributed by atoms with Gasteiger partial charge in [-0.15, -0.1) is 0 Å². The van der Waals surface area contributed by atoms with Crippen LogP contribution in [0.15, 0.2) is 60.9 Å². The van der Waals surface area contributed by atoms with Crippen LogP contribution in [0.25, 0.3) is 0 Å². The summed E-state index contributed by atoms with van der Waals surface area (Å²) in [7, 11) is 1.81. The van der Waals surface area contributed by atoms with Crippen LogP contribution in [-0.4, -0.2) is 21.1 Å². The third-order valence-corrected chi connectivity index (χ3v) is 4.33. The van der Waals surface area contributed by atoms with Gasteiger partial charge in [0.15, 0.2) is 5.60 Å². The number of hydrogen-bond acceptors (Lipinski definition) is 3. The van der Waals surface area contributed by atoms with Crippen LogP contribution in [0.1, 0.15) is 31.3 Å². The molecule has 3 aromatic rings. The Hall–Kier alpha value is -3.22. The van der Waals surface area contributed by atoms with Gasteiger partial charge in [-0.1, -0.05) is 12.1 Å². The number of aryl methyl sites for hydroxylation is 1. The molecule has 5 nitrogen and oxygen atoms in total. The summed E-state index contributed by atoms with van der Waals surface area (Å²) in [6, 6.07) is 10.7.